The molecule has 0 aliphatic carbocycles. The molecule has 1 fully saturated rings. The zero-order valence-corrected chi connectivity index (χ0v) is 25.0. The average Bonchev–Trinajstić information content (AvgIpc) is 3.24. The zero-order valence-electron chi connectivity index (χ0n) is 25.0. The van der Waals surface area contributed by atoms with E-state index in [9.17, 15) is 14.7 Å². The number of aryl methyl sites for hydroxylation is 1. The summed E-state index contributed by atoms with van der Waals surface area (Å²) >= 11 is 0. The number of Topliss-reactive ketones (excluding diaryl/α,β-unsaturated/α-hetero) is 1. The van der Waals surface area contributed by atoms with Crippen molar-refractivity contribution >= 4 is 17.4 Å². The number of carbonyl (C=O) groups is 2. The minimum Gasteiger partial charge on any atom is -0.507 e. The van der Waals surface area contributed by atoms with Crippen LogP contribution in [0, 0.1) is 6.92 Å². The largest absolute Gasteiger partial charge is 0.507 e. The van der Waals surface area contributed by atoms with Crippen molar-refractivity contribution < 1.29 is 33.6 Å². The molecule has 4 rings (SSSR count). The first-order valence-electron chi connectivity index (χ1n) is 13.7. The molecule has 222 valence electrons. The van der Waals surface area contributed by atoms with E-state index in [-0.39, 0.29) is 11.3 Å². The van der Waals surface area contributed by atoms with Crippen LogP contribution in [-0.4, -0.2) is 75.1 Å². The van der Waals surface area contributed by atoms with Crippen molar-refractivity contribution in [1.29, 1.82) is 0 Å². The van der Waals surface area contributed by atoms with Crippen molar-refractivity contribution in [2.45, 2.75) is 26.0 Å². The quantitative estimate of drug-likeness (QED) is 0.184. The third-order valence-electron chi connectivity index (χ3n) is 7.33. The molecule has 1 aliphatic heterocycles. The molecule has 1 aliphatic rings. The Morgan fingerprint density at radius 3 is 2.14 bits per heavy atom. The summed E-state index contributed by atoms with van der Waals surface area (Å²) in [5.74, 6) is 0.0485. The highest BCUT2D eigenvalue weighted by atomic mass is 16.5. The van der Waals surface area contributed by atoms with Crippen LogP contribution < -0.4 is 18.9 Å². The van der Waals surface area contributed by atoms with E-state index in [0.717, 1.165) is 17.7 Å². The number of nitrogens with zero attached hydrogens (tertiary/aromatic N) is 2. The topological polar surface area (TPSA) is 97.8 Å². The first kappa shape index (κ1) is 30.5. The highest BCUT2D eigenvalue weighted by Gasteiger charge is 2.46. The average molecular weight is 575 g/mol. The third-order valence-corrected chi connectivity index (χ3v) is 7.33. The number of methoxy groups -OCH3 is 3. The molecule has 42 heavy (non-hydrogen) atoms. The van der Waals surface area contributed by atoms with E-state index in [1.807, 2.05) is 50.2 Å². The normalized spacial score (nSPS) is 16.2. The molecule has 0 unspecified atom stereocenters. The van der Waals surface area contributed by atoms with Gasteiger partial charge in [0.05, 0.1) is 32.9 Å². The van der Waals surface area contributed by atoms with Crippen molar-refractivity contribution in [2.75, 3.05) is 48.5 Å². The van der Waals surface area contributed by atoms with Crippen LogP contribution in [0.15, 0.2) is 66.2 Å². The summed E-state index contributed by atoms with van der Waals surface area (Å²) in [4.78, 5) is 30.3. The Bertz CT molecular complexity index is 1440. The molecule has 3 aromatic carbocycles. The maximum Gasteiger partial charge on any atom is 0.295 e. The smallest absolute Gasteiger partial charge is 0.295 e. The van der Waals surface area contributed by atoms with Gasteiger partial charge < -0.3 is 33.9 Å². The highest BCUT2D eigenvalue weighted by Crippen LogP contribution is 2.45. The highest BCUT2D eigenvalue weighted by molar-refractivity contribution is 6.46. The van der Waals surface area contributed by atoms with Gasteiger partial charge >= 0.3 is 0 Å². The lowest BCUT2D eigenvalue weighted by Crippen LogP contribution is -2.32. The molecule has 0 radical (unpaired) electrons. The molecule has 0 saturated carbocycles. The molecule has 1 heterocycles. The van der Waals surface area contributed by atoms with Crippen LogP contribution in [0.3, 0.4) is 0 Å². The Labute approximate surface area is 246 Å². The summed E-state index contributed by atoms with van der Waals surface area (Å²) in [6, 6.07) is 17.3. The van der Waals surface area contributed by atoms with Gasteiger partial charge in [-0.1, -0.05) is 24.3 Å². The van der Waals surface area contributed by atoms with Gasteiger partial charge in [0.2, 0.25) is 5.75 Å². The minimum atomic E-state index is -0.863. The predicted octanol–water partition coefficient (Wildman–Crippen LogP) is 4.97. The molecular formula is C33H38N2O7. The van der Waals surface area contributed by atoms with E-state index >= 15 is 0 Å². The number of amides is 1. The Morgan fingerprint density at radius 1 is 0.929 bits per heavy atom. The van der Waals surface area contributed by atoms with Crippen LogP contribution in [0.5, 0.6) is 23.0 Å². The monoisotopic (exact) mass is 574 g/mol. The Balaban J connectivity index is 1.73. The summed E-state index contributed by atoms with van der Waals surface area (Å²) in [5.41, 5.74) is 3.14. The van der Waals surface area contributed by atoms with Crippen molar-refractivity contribution in [3.63, 3.8) is 0 Å². The number of rotatable bonds is 12. The second-order valence-electron chi connectivity index (χ2n) is 10.3. The molecule has 3 aromatic rings. The van der Waals surface area contributed by atoms with Gasteiger partial charge in [-0.3, -0.25) is 9.59 Å². The first-order chi connectivity index (χ1) is 20.2. The molecule has 0 aromatic heterocycles. The van der Waals surface area contributed by atoms with E-state index in [4.69, 9.17) is 18.9 Å². The summed E-state index contributed by atoms with van der Waals surface area (Å²) in [6.07, 6.45) is 0.633. The fourth-order valence-corrected chi connectivity index (χ4v) is 5.07. The molecule has 1 amide bonds. The Kier molecular flexibility index (Phi) is 9.75. The molecule has 9 nitrogen and oxygen atoms in total. The first-order valence-corrected chi connectivity index (χ1v) is 13.7. The van der Waals surface area contributed by atoms with Crippen molar-refractivity contribution in [1.82, 2.24) is 9.80 Å². The predicted molar refractivity (Wildman–Crippen MR) is 160 cm³/mol. The second-order valence-corrected chi connectivity index (χ2v) is 10.3. The van der Waals surface area contributed by atoms with Gasteiger partial charge in [0, 0.05) is 12.1 Å². The van der Waals surface area contributed by atoms with Crippen LogP contribution in [0.2, 0.25) is 0 Å². The lowest BCUT2D eigenvalue weighted by molar-refractivity contribution is -0.139. The summed E-state index contributed by atoms with van der Waals surface area (Å²) in [5, 5.41) is 11.5. The molecule has 9 heteroatoms. The molecule has 1 saturated heterocycles. The summed E-state index contributed by atoms with van der Waals surface area (Å²) in [7, 11) is 8.38. The maximum absolute atomic E-state index is 13.5. The molecule has 1 N–H and O–H groups in total. The van der Waals surface area contributed by atoms with Crippen LogP contribution in [0.25, 0.3) is 5.76 Å². The van der Waals surface area contributed by atoms with Gasteiger partial charge in [0.25, 0.3) is 11.7 Å². The van der Waals surface area contributed by atoms with Crippen LogP contribution in [-0.2, 0) is 16.2 Å². The van der Waals surface area contributed by atoms with Gasteiger partial charge in [0.15, 0.2) is 11.5 Å². The Morgan fingerprint density at radius 2 is 1.57 bits per heavy atom. The van der Waals surface area contributed by atoms with Gasteiger partial charge in [-0.2, -0.15) is 0 Å². The van der Waals surface area contributed by atoms with Gasteiger partial charge in [0.1, 0.15) is 18.1 Å². The maximum atomic E-state index is 13.5. The van der Waals surface area contributed by atoms with Crippen LogP contribution in [0.1, 0.15) is 34.7 Å². The van der Waals surface area contributed by atoms with Gasteiger partial charge in [-0.25, -0.2) is 0 Å². The Hall–Kier alpha value is -4.50. The van der Waals surface area contributed by atoms with Gasteiger partial charge in [-0.05, 0) is 87.1 Å². The van der Waals surface area contributed by atoms with E-state index < -0.39 is 17.7 Å². The molecular weight excluding hydrogens is 536 g/mol. The molecule has 0 bridgehead atoms. The lowest BCUT2D eigenvalue weighted by atomic mass is 9.94. The van der Waals surface area contributed by atoms with Crippen LogP contribution >= 0.6 is 0 Å². The van der Waals surface area contributed by atoms with Gasteiger partial charge in [-0.15, -0.1) is 0 Å². The SMILES string of the molecule is COc1cc([C@H]2C(=C(O)c3ccc(OCc4ccccc4C)cc3)C(=O)C(=O)N2CCCN(C)C)cc(OC)c1OC. The van der Waals surface area contributed by atoms with E-state index in [1.165, 1.54) is 26.2 Å². The number of likely N-dealkylation sites (tertiary alicyclic amines) is 1. The second kappa shape index (κ2) is 13.4. The number of aliphatic hydroxyl groups is 1. The van der Waals surface area contributed by atoms with Crippen molar-refractivity contribution in [3.05, 3.63) is 88.5 Å². The number of carbonyl (C=O) groups excluding carboxylic acids is 2. The number of aliphatic hydroxyl groups excluding tert-OH is 1. The number of hydrogen-bond acceptors (Lipinski definition) is 8. The lowest BCUT2D eigenvalue weighted by Gasteiger charge is -2.27. The third kappa shape index (κ3) is 6.36. The number of ether oxygens (including phenoxy) is 4. The van der Waals surface area contributed by atoms with E-state index in [0.29, 0.717) is 53.7 Å². The van der Waals surface area contributed by atoms with Crippen molar-refractivity contribution in [3.8, 4) is 23.0 Å². The van der Waals surface area contributed by atoms with E-state index in [2.05, 4.69) is 0 Å². The standard InChI is InChI=1S/C33H38N2O7/c1-21-10-7-8-11-23(21)20-42-25-14-12-22(13-15-25)30(36)28-29(35(33(38)31(28)37)17-9-16-34(2)3)24-18-26(39-4)32(41-6)27(19-24)40-5/h7-8,10-15,18-19,29,36H,9,16-17,20H2,1-6H3/t29-/m0/s1. The molecule has 1 atom stereocenters. The van der Waals surface area contributed by atoms with E-state index in [1.54, 1.807) is 36.4 Å². The van der Waals surface area contributed by atoms with Crippen LogP contribution in [0.4, 0.5) is 0 Å². The number of ketones is 1. The van der Waals surface area contributed by atoms with Crippen molar-refractivity contribution in [2.24, 2.45) is 0 Å². The summed E-state index contributed by atoms with van der Waals surface area (Å²) in [6.45, 7) is 3.46. The number of benzene rings is 3. The minimum absolute atomic E-state index is 0.00675. The zero-order chi connectivity index (χ0) is 30.4. The fraction of sp³-hybridized carbons (Fsp3) is 0.333. The summed E-state index contributed by atoms with van der Waals surface area (Å²) < 4.78 is 22.5. The number of hydrogen-bond donors (Lipinski definition) is 1. The molecule has 0 spiro atoms. The fourth-order valence-electron chi connectivity index (χ4n) is 5.07.